The summed E-state index contributed by atoms with van der Waals surface area (Å²) >= 11 is 0. The zero-order chi connectivity index (χ0) is 19.4. The van der Waals surface area contributed by atoms with Gasteiger partial charge in [-0.2, -0.15) is 13.2 Å². The molecule has 0 bridgehead atoms. The third kappa shape index (κ3) is 4.78. The van der Waals surface area contributed by atoms with E-state index in [0.717, 1.165) is 22.9 Å². The number of hydrogen-bond donors (Lipinski definition) is 1. The number of halogens is 3. The van der Waals surface area contributed by atoms with Crippen LogP contribution in [0.2, 0.25) is 0 Å². The van der Waals surface area contributed by atoms with Crippen molar-refractivity contribution >= 4 is 16.7 Å². The van der Waals surface area contributed by atoms with Crippen molar-refractivity contribution in [2.75, 3.05) is 0 Å². The molecule has 3 aromatic rings. The molecule has 0 fully saturated rings. The molecule has 0 spiro atoms. The van der Waals surface area contributed by atoms with Gasteiger partial charge in [0.1, 0.15) is 5.75 Å². The maximum absolute atomic E-state index is 12.7. The van der Waals surface area contributed by atoms with Gasteiger partial charge in [-0.3, -0.25) is 4.79 Å². The molecule has 1 N–H and O–H groups in total. The second kappa shape index (κ2) is 7.70. The van der Waals surface area contributed by atoms with Crippen LogP contribution in [0, 0.1) is 0 Å². The fraction of sp³-hybridized carbons (Fsp3) is 0.190. The van der Waals surface area contributed by atoms with Crippen LogP contribution < -0.4 is 10.1 Å². The minimum absolute atomic E-state index is 0.00578. The van der Waals surface area contributed by atoms with Crippen molar-refractivity contribution in [1.82, 2.24) is 5.32 Å². The number of fused-ring (bicyclic) bond motifs is 1. The van der Waals surface area contributed by atoms with Crippen molar-refractivity contribution < 1.29 is 22.7 Å². The van der Waals surface area contributed by atoms with Crippen LogP contribution in [0.5, 0.6) is 5.75 Å². The maximum atomic E-state index is 12.7. The van der Waals surface area contributed by atoms with E-state index < -0.39 is 23.8 Å². The lowest BCUT2D eigenvalue weighted by Crippen LogP contribution is -2.35. The number of carbonyl (C=O) groups is 1. The van der Waals surface area contributed by atoms with Crippen LogP contribution in [0.15, 0.2) is 66.7 Å². The molecule has 0 heterocycles. The van der Waals surface area contributed by atoms with Gasteiger partial charge in [0.05, 0.1) is 5.56 Å². The summed E-state index contributed by atoms with van der Waals surface area (Å²) in [6, 6.07) is 18.2. The standard InChI is InChI=1S/C21H18F3NO2/c1-14(27-19-10-9-16-6-2-3-7-17(16)12-19)20(26)25-13-15-5-4-8-18(11-15)21(22,23)24/h2-12,14H,13H2,1H3,(H,25,26)/t14-/m1/s1. The SMILES string of the molecule is C[C@@H](Oc1ccc2ccccc2c1)C(=O)NCc1cccc(C(F)(F)F)c1. The number of rotatable bonds is 5. The van der Waals surface area contributed by atoms with Crippen molar-refractivity contribution in [3.63, 3.8) is 0 Å². The monoisotopic (exact) mass is 373 g/mol. The minimum Gasteiger partial charge on any atom is -0.481 e. The van der Waals surface area contributed by atoms with E-state index in [1.807, 2.05) is 36.4 Å². The number of alkyl halides is 3. The second-order valence-corrected chi connectivity index (χ2v) is 6.18. The van der Waals surface area contributed by atoms with Gasteiger partial charge < -0.3 is 10.1 Å². The van der Waals surface area contributed by atoms with Gasteiger partial charge in [-0.25, -0.2) is 0 Å². The average molecular weight is 373 g/mol. The van der Waals surface area contributed by atoms with E-state index in [-0.39, 0.29) is 6.54 Å². The Balaban J connectivity index is 1.60. The maximum Gasteiger partial charge on any atom is 0.416 e. The summed E-state index contributed by atoms with van der Waals surface area (Å²) in [6.45, 7) is 1.59. The molecule has 3 rings (SSSR count). The lowest BCUT2D eigenvalue weighted by molar-refractivity contribution is -0.137. The van der Waals surface area contributed by atoms with Crippen LogP contribution in [0.25, 0.3) is 10.8 Å². The first-order chi connectivity index (χ1) is 12.8. The van der Waals surface area contributed by atoms with E-state index in [1.165, 1.54) is 12.1 Å². The second-order valence-electron chi connectivity index (χ2n) is 6.18. The van der Waals surface area contributed by atoms with Gasteiger partial charge >= 0.3 is 6.18 Å². The third-order valence-corrected chi connectivity index (χ3v) is 4.12. The first-order valence-corrected chi connectivity index (χ1v) is 8.42. The Morgan fingerprint density at radius 1 is 1.00 bits per heavy atom. The molecule has 0 unspecified atom stereocenters. The van der Waals surface area contributed by atoms with E-state index in [0.29, 0.717) is 11.3 Å². The van der Waals surface area contributed by atoms with Crippen molar-refractivity contribution in [1.29, 1.82) is 0 Å². The highest BCUT2D eigenvalue weighted by Gasteiger charge is 2.30. The predicted octanol–water partition coefficient (Wildman–Crippen LogP) is 4.94. The molecular weight excluding hydrogens is 355 g/mol. The van der Waals surface area contributed by atoms with E-state index in [2.05, 4.69) is 5.32 Å². The summed E-state index contributed by atoms with van der Waals surface area (Å²) in [5, 5.41) is 4.66. The Hall–Kier alpha value is -3.02. The van der Waals surface area contributed by atoms with Crippen molar-refractivity contribution in [3.8, 4) is 5.75 Å². The molecule has 1 amide bonds. The van der Waals surface area contributed by atoms with Crippen LogP contribution in [0.3, 0.4) is 0 Å². The van der Waals surface area contributed by atoms with Gasteiger partial charge in [0.2, 0.25) is 0 Å². The Morgan fingerprint density at radius 3 is 2.48 bits per heavy atom. The Bertz CT molecular complexity index is 953. The van der Waals surface area contributed by atoms with Crippen LogP contribution in [-0.4, -0.2) is 12.0 Å². The fourth-order valence-electron chi connectivity index (χ4n) is 2.69. The lowest BCUT2D eigenvalue weighted by atomic mass is 10.1. The topological polar surface area (TPSA) is 38.3 Å². The molecule has 3 nitrogen and oxygen atoms in total. The van der Waals surface area contributed by atoms with Gasteiger partial charge in [-0.1, -0.05) is 42.5 Å². The van der Waals surface area contributed by atoms with Crippen LogP contribution in [0.1, 0.15) is 18.1 Å². The first kappa shape index (κ1) is 18.8. The highest BCUT2D eigenvalue weighted by Crippen LogP contribution is 2.29. The molecule has 1 atom stereocenters. The highest BCUT2D eigenvalue weighted by atomic mass is 19.4. The van der Waals surface area contributed by atoms with Gasteiger partial charge in [0, 0.05) is 6.54 Å². The summed E-state index contributed by atoms with van der Waals surface area (Å²) in [5.41, 5.74) is -0.370. The fourth-order valence-corrected chi connectivity index (χ4v) is 2.69. The van der Waals surface area contributed by atoms with E-state index in [1.54, 1.807) is 13.0 Å². The van der Waals surface area contributed by atoms with E-state index in [4.69, 9.17) is 4.74 Å². The molecule has 0 aromatic heterocycles. The summed E-state index contributed by atoms with van der Waals surface area (Å²) in [7, 11) is 0. The molecule has 0 aliphatic carbocycles. The quantitative estimate of drug-likeness (QED) is 0.688. The van der Waals surface area contributed by atoms with Gasteiger partial charge in [-0.05, 0) is 47.5 Å². The van der Waals surface area contributed by atoms with Gasteiger partial charge in [-0.15, -0.1) is 0 Å². The molecule has 3 aromatic carbocycles. The Labute approximate surface area is 154 Å². The van der Waals surface area contributed by atoms with Crippen molar-refractivity contribution in [2.24, 2.45) is 0 Å². The number of carbonyl (C=O) groups excluding carboxylic acids is 1. The molecule has 0 saturated carbocycles. The Kier molecular flexibility index (Phi) is 5.35. The van der Waals surface area contributed by atoms with Crippen LogP contribution >= 0.6 is 0 Å². The molecular formula is C21H18F3NO2. The highest BCUT2D eigenvalue weighted by molar-refractivity contribution is 5.84. The Morgan fingerprint density at radius 2 is 1.74 bits per heavy atom. The van der Waals surface area contributed by atoms with Crippen LogP contribution in [0.4, 0.5) is 13.2 Å². The summed E-state index contributed by atoms with van der Waals surface area (Å²) in [5.74, 6) is 0.149. The molecule has 0 saturated heterocycles. The zero-order valence-electron chi connectivity index (χ0n) is 14.6. The molecule has 140 valence electrons. The number of amides is 1. The van der Waals surface area contributed by atoms with Gasteiger partial charge in [0.25, 0.3) is 5.91 Å². The summed E-state index contributed by atoms with van der Waals surface area (Å²) in [4.78, 5) is 12.2. The number of ether oxygens (including phenoxy) is 1. The van der Waals surface area contributed by atoms with E-state index >= 15 is 0 Å². The van der Waals surface area contributed by atoms with E-state index in [9.17, 15) is 18.0 Å². The number of hydrogen-bond acceptors (Lipinski definition) is 2. The lowest BCUT2D eigenvalue weighted by Gasteiger charge is -2.15. The van der Waals surface area contributed by atoms with Gasteiger partial charge in [0.15, 0.2) is 6.10 Å². The average Bonchev–Trinajstić information content (AvgIpc) is 2.65. The predicted molar refractivity (Wildman–Crippen MR) is 97.3 cm³/mol. The van der Waals surface area contributed by atoms with Crippen molar-refractivity contribution in [3.05, 3.63) is 77.9 Å². The molecule has 0 aliphatic heterocycles. The molecule has 6 heteroatoms. The number of nitrogens with one attached hydrogen (secondary N) is 1. The number of benzene rings is 3. The largest absolute Gasteiger partial charge is 0.481 e. The summed E-state index contributed by atoms with van der Waals surface area (Å²) < 4.78 is 43.9. The molecule has 27 heavy (non-hydrogen) atoms. The van der Waals surface area contributed by atoms with Crippen molar-refractivity contribution in [2.45, 2.75) is 25.7 Å². The molecule has 0 aliphatic rings. The smallest absolute Gasteiger partial charge is 0.416 e. The molecule has 0 radical (unpaired) electrons. The van der Waals surface area contributed by atoms with Crippen LogP contribution in [-0.2, 0) is 17.5 Å². The normalized spacial score (nSPS) is 12.6. The summed E-state index contributed by atoms with van der Waals surface area (Å²) in [6.07, 6.45) is -5.19. The zero-order valence-corrected chi connectivity index (χ0v) is 14.6. The minimum atomic E-state index is -4.41. The third-order valence-electron chi connectivity index (χ3n) is 4.12. The first-order valence-electron chi connectivity index (χ1n) is 8.42.